The van der Waals surface area contributed by atoms with Crippen molar-refractivity contribution in [2.75, 3.05) is 12.3 Å². The standard InChI is InChI=1S/C20H17Cl2N3O3/c1-2-28-20(27)18-14(17-15(22)7-11(21)8-16(17)25-18)9-13(19(24)26)10-3-5-12(23)6-4-10/h3-9,25H,2,23H2,1H3,(H2,24,26). The van der Waals surface area contributed by atoms with Gasteiger partial charge in [0.05, 0.1) is 11.6 Å². The number of anilines is 1. The minimum Gasteiger partial charge on any atom is -0.461 e. The van der Waals surface area contributed by atoms with Crippen molar-refractivity contribution in [2.45, 2.75) is 6.92 Å². The van der Waals surface area contributed by atoms with Crippen molar-refractivity contribution < 1.29 is 14.3 Å². The molecule has 8 heteroatoms. The molecule has 5 N–H and O–H groups in total. The molecular weight excluding hydrogens is 401 g/mol. The number of hydrogen-bond donors (Lipinski definition) is 3. The number of halogens is 2. The van der Waals surface area contributed by atoms with Crippen molar-refractivity contribution in [3.63, 3.8) is 0 Å². The zero-order valence-corrected chi connectivity index (χ0v) is 16.4. The highest BCUT2D eigenvalue weighted by molar-refractivity contribution is 6.39. The summed E-state index contributed by atoms with van der Waals surface area (Å²) in [6.45, 7) is 1.88. The van der Waals surface area contributed by atoms with Gasteiger partial charge in [-0.1, -0.05) is 35.3 Å². The number of esters is 1. The van der Waals surface area contributed by atoms with E-state index < -0.39 is 11.9 Å². The molecule has 0 aliphatic heterocycles. The van der Waals surface area contributed by atoms with Crippen molar-refractivity contribution >= 4 is 63.3 Å². The number of nitrogens with one attached hydrogen (secondary N) is 1. The SMILES string of the molecule is CCOC(=O)c1[nH]c2cc(Cl)cc(Cl)c2c1C=C(C(N)=O)c1ccc(N)cc1. The van der Waals surface area contributed by atoms with Crippen molar-refractivity contribution in [2.24, 2.45) is 5.73 Å². The quantitative estimate of drug-likeness (QED) is 0.327. The lowest BCUT2D eigenvalue weighted by molar-refractivity contribution is -0.112. The summed E-state index contributed by atoms with van der Waals surface area (Å²) < 4.78 is 5.12. The topological polar surface area (TPSA) is 111 Å². The van der Waals surface area contributed by atoms with Gasteiger partial charge in [-0.05, 0) is 42.8 Å². The van der Waals surface area contributed by atoms with Crippen molar-refractivity contribution in [3.8, 4) is 0 Å². The van der Waals surface area contributed by atoms with E-state index >= 15 is 0 Å². The number of benzene rings is 2. The van der Waals surface area contributed by atoms with E-state index in [1.165, 1.54) is 6.08 Å². The van der Waals surface area contributed by atoms with E-state index in [0.717, 1.165) is 0 Å². The Labute approximate surface area is 171 Å². The van der Waals surface area contributed by atoms with Gasteiger partial charge in [0.2, 0.25) is 5.91 Å². The zero-order valence-electron chi connectivity index (χ0n) is 14.9. The number of carbonyl (C=O) groups is 2. The molecule has 3 rings (SSSR count). The van der Waals surface area contributed by atoms with Gasteiger partial charge >= 0.3 is 5.97 Å². The monoisotopic (exact) mass is 417 g/mol. The number of primary amides is 1. The number of rotatable bonds is 5. The van der Waals surface area contributed by atoms with Gasteiger partial charge in [-0.25, -0.2) is 4.79 Å². The number of H-pyrrole nitrogens is 1. The minimum absolute atomic E-state index is 0.148. The van der Waals surface area contributed by atoms with Gasteiger partial charge in [0, 0.05) is 32.7 Å². The van der Waals surface area contributed by atoms with Crippen LogP contribution in [-0.2, 0) is 9.53 Å². The summed E-state index contributed by atoms with van der Waals surface area (Å²) >= 11 is 12.4. The maximum atomic E-state index is 12.5. The van der Waals surface area contributed by atoms with Crippen LogP contribution in [0.15, 0.2) is 36.4 Å². The molecule has 144 valence electrons. The van der Waals surface area contributed by atoms with Crippen LogP contribution in [0.3, 0.4) is 0 Å². The van der Waals surface area contributed by atoms with E-state index in [0.29, 0.717) is 37.8 Å². The molecule has 0 saturated carbocycles. The first-order valence-corrected chi connectivity index (χ1v) is 9.12. The zero-order chi connectivity index (χ0) is 20.4. The molecule has 1 amide bonds. The molecule has 0 spiro atoms. The number of fused-ring (bicyclic) bond motifs is 1. The van der Waals surface area contributed by atoms with E-state index in [-0.39, 0.29) is 17.9 Å². The second-order valence-corrected chi connectivity index (χ2v) is 6.83. The number of carbonyl (C=O) groups excluding carboxylic acids is 2. The van der Waals surface area contributed by atoms with Gasteiger partial charge in [0.25, 0.3) is 0 Å². The predicted octanol–water partition coefficient (Wildman–Crippen LogP) is 4.26. The molecule has 2 aromatic carbocycles. The Morgan fingerprint density at radius 1 is 1.18 bits per heavy atom. The fourth-order valence-electron chi connectivity index (χ4n) is 2.89. The molecule has 0 radical (unpaired) electrons. The van der Waals surface area contributed by atoms with Crippen LogP contribution in [0.2, 0.25) is 10.0 Å². The molecule has 0 aliphatic carbocycles. The van der Waals surface area contributed by atoms with E-state index in [1.54, 1.807) is 43.3 Å². The molecule has 0 saturated heterocycles. The van der Waals surface area contributed by atoms with Gasteiger partial charge in [-0.3, -0.25) is 4.79 Å². The second-order valence-electron chi connectivity index (χ2n) is 5.99. The largest absolute Gasteiger partial charge is 0.461 e. The Morgan fingerprint density at radius 3 is 2.46 bits per heavy atom. The summed E-state index contributed by atoms with van der Waals surface area (Å²) in [7, 11) is 0. The number of ether oxygens (including phenoxy) is 1. The molecule has 0 fully saturated rings. The Morgan fingerprint density at radius 2 is 1.86 bits per heavy atom. The third kappa shape index (κ3) is 3.83. The highest BCUT2D eigenvalue weighted by Gasteiger charge is 2.21. The van der Waals surface area contributed by atoms with Crippen LogP contribution < -0.4 is 11.5 Å². The maximum absolute atomic E-state index is 12.5. The van der Waals surface area contributed by atoms with Crippen LogP contribution in [0.4, 0.5) is 5.69 Å². The lowest BCUT2D eigenvalue weighted by Crippen LogP contribution is -2.13. The lowest BCUT2D eigenvalue weighted by Gasteiger charge is -2.07. The molecule has 3 aromatic rings. The average Bonchev–Trinajstić information content (AvgIpc) is 2.99. The third-order valence-electron chi connectivity index (χ3n) is 4.11. The normalized spacial score (nSPS) is 11.6. The number of aromatic amines is 1. The lowest BCUT2D eigenvalue weighted by atomic mass is 10.00. The summed E-state index contributed by atoms with van der Waals surface area (Å²) in [5.41, 5.74) is 13.7. The first-order valence-electron chi connectivity index (χ1n) is 8.37. The van der Waals surface area contributed by atoms with Crippen LogP contribution >= 0.6 is 23.2 Å². The summed E-state index contributed by atoms with van der Waals surface area (Å²) in [4.78, 5) is 27.6. The molecule has 6 nitrogen and oxygen atoms in total. The highest BCUT2D eigenvalue weighted by Crippen LogP contribution is 2.35. The second kappa shape index (κ2) is 7.96. The van der Waals surface area contributed by atoms with Gasteiger partial charge < -0.3 is 21.2 Å². The van der Waals surface area contributed by atoms with E-state index in [4.69, 9.17) is 39.4 Å². The first-order chi connectivity index (χ1) is 13.3. The summed E-state index contributed by atoms with van der Waals surface area (Å²) in [5.74, 6) is -1.25. The van der Waals surface area contributed by atoms with E-state index in [9.17, 15) is 9.59 Å². The molecule has 0 aliphatic rings. The van der Waals surface area contributed by atoms with Crippen molar-refractivity contribution in [3.05, 3.63) is 63.3 Å². The summed E-state index contributed by atoms with van der Waals surface area (Å²) in [6, 6.07) is 9.84. The molecular formula is C20H17Cl2N3O3. The average molecular weight is 418 g/mol. The number of nitrogen functional groups attached to an aromatic ring is 1. The van der Waals surface area contributed by atoms with Gasteiger partial charge in [-0.2, -0.15) is 0 Å². The highest BCUT2D eigenvalue weighted by atomic mass is 35.5. The van der Waals surface area contributed by atoms with Crippen LogP contribution in [-0.4, -0.2) is 23.5 Å². The maximum Gasteiger partial charge on any atom is 0.355 e. The van der Waals surface area contributed by atoms with Gasteiger partial charge in [-0.15, -0.1) is 0 Å². The fourth-order valence-corrected chi connectivity index (χ4v) is 3.48. The Bertz CT molecular complexity index is 1100. The Hall–Kier alpha value is -2.96. The van der Waals surface area contributed by atoms with Gasteiger partial charge in [0.15, 0.2) is 0 Å². The molecule has 0 bridgehead atoms. The number of nitrogens with two attached hydrogens (primary N) is 2. The first kappa shape index (κ1) is 19.8. The Balaban J connectivity index is 2.30. The van der Waals surface area contributed by atoms with Gasteiger partial charge in [0.1, 0.15) is 5.69 Å². The predicted molar refractivity (Wildman–Crippen MR) is 112 cm³/mol. The smallest absolute Gasteiger partial charge is 0.355 e. The van der Waals surface area contributed by atoms with Crippen LogP contribution in [0.5, 0.6) is 0 Å². The van der Waals surface area contributed by atoms with Crippen LogP contribution in [0.1, 0.15) is 28.5 Å². The molecule has 0 unspecified atom stereocenters. The molecule has 1 heterocycles. The Kier molecular flexibility index (Phi) is 5.63. The fraction of sp³-hybridized carbons (Fsp3) is 0.100. The number of amides is 1. The third-order valence-corrected chi connectivity index (χ3v) is 4.63. The van der Waals surface area contributed by atoms with Crippen molar-refractivity contribution in [1.29, 1.82) is 0 Å². The number of aromatic nitrogens is 1. The molecule has 0 atom stereocenters. The van der Waals surface area contributed by atoms with Crippen LogP contribution in [0, 0.1) is 0 Å². The van der Waals surface area contributed by atoms with E-state index in [2.05, 4.69) is 4.98 Å². The summed E-state index contributed by atoms with van der Waals surface area (Å²) in [6.07, 6.45) is 1.51. The van der Waals surface area contributed by atoms with E-state index in [1.807, 2.05) is 0 Å². The molecule has 28 heavy (non-hydrogen) atoms. The number of hydrogen-bond acceptors (Lipinski definition) is 4. The molecule has 1 aromatic heterocycles. The minimum atomic E-state index is -0.668. The van der Waals surface area contributed by atoms with Crippen LogP contribution in [0.25, 0.3) is 22.6 Å². The summed E-state index contributed by atoms with van der Waals surface area (Å²) in [5, 5.41) is 1.25. The van der Waals surface area contributed by atoms with Crippen molar-refractivity contribution in [1.82, 2.24) is 4.98 Å².